The van der Waals surface area contributed by atoms with Crippen LogP contribution < -0.4 is 5.73 Å². The quantitative estimate of drug-likeness (QED) is 0.862. The van der Waals surface area contributed by atoms with E-state index in [1.54, 1.807) is 0 Å². The van der Waals surface area contributed by atoms with Crippen molar-refractivity contribution in [2.24, 2.45) is 5.73 Å². The molecule has 1 nitrogen and oxygen atoms in total. The molecule has 0 heterocycles. The minimum atomic E-state index is -0.548. The lowest BCUT2D eigenvalue weighted by Gasteiger charge is -2.18. The fraction of sp³-hybridized carbons (Fsp3) is 0.250. The van der Waals surface area contributed by atoms with Crippen LogP contribution in [0.3, 0.4) is 0 Å². The lowest BCUT2D eigenvalue weighted by atomic mass is 9.93. The van der Waals surface area contributed by atoms with E-state index in [0.29, 0.717) is 10.6 Å². The van der Waals surface area contributed by atoms with Crippen molar-refractivity contribution in [3.63, 3.8) is 0 Å². The fourth-order valence-electron chi connectivity index (χ4n) is 2.36. The van der Waals surface area contributed by atoms with Crippen molar-refractivity contribution in [2.75, 3.05) is 0 Å². The summed E-state index contributed by atoms with van der Waals surface area (Å²) in [6.45, 7) is 5.69. The molecule has 19 heavy (non-hydrogen) atoms. The Bertz CT molecular complexity index is 599. The molecule has 0 saturated heterocycles. The van der Waals surface area contributed by atoms with Gasteiger partial charge in [-0.3, -0.25) is 0 Å². The van der Waals surface area contributed by atoms with Crippen LogP contribution in [0.15, 0.2) is 30.3 Å². The maximum absolute atomic E-state index is 14.1. The van der Waals surface area contributed by atoms with Crippen LogP contribution in [0.4, 0.5) is 4.39 Å². The molecule has 0 aliphatic rings. The second-order valence-electron chi connectivity index (χ2n) is 4.98. The molecule has 0 saturated carbocycles. The summed E-state index contributed by atoms with van der Waals surface area (Å²) < 4.78 is 14.1. The number of nitrogens with two attached hydrogens (primary N) is 1. The van der Waals surface area contributed by atoms with Crippen LogP contribution >= 0.6 is 11.6 Å². The van der Waals surface area contributed by atoms with Crippen molar-refractivity contribution < 1.29 is 4.39 Å². The van der Waals surface area contributed by atoms with Gasteiger partial charge < -0.3 is 5.73 Å². The Morgan fingerprint density at radius 3 is 2.32 bits per heavy atom. The lowest BCUT2D eigenvalue weighted by molar-refractivity contribution is 0.596. The summed E-state index contributed by atoms with van der Waals surface area (Å²) in [5.41, 5.74) is 10.2. The Morgan fingerprint density at radius 2 is 1.74 bits per heavy atom. The maximum Gasteiger partial charge on any atom is 0.128 e. The Morgan fingerprint density at radius 1 is 1.05 bits per heavy atom. The molecule has 0 bridgehead atoms. The smallest absolute Gasteiger partial charge is 0.128 e. The normalized spacial score (nSPS) is 12.5. The number of aryl methyl sites for hydroxylation is 3. The third-order valence-electron chi connectivity index (χ3n) is 3.28. The highest BCUT2D eigenvalue weighted by molar-refractivity contribution is 6.31. The van der Waals surface area contributed by atoms with E-state index in [9.17, 15) is 4.39 Å². The maximum atomic E-state index is 14.1. The largest absolute Gasteiger partial charge is 0.320 e. The van der Waals surface area contributed by atoms with E-state index < -0.39 is 6.04 Å². The van der Waals surface area contributed by atoms with E-state index in [4.69, 9.17) is 17.3 Å². The van der Waals surface area contributed by atoms with Crippen molar-refractivity contribution in [2.45, 2.75) is 26.8 Å². The summed E-state index contributed by atoms with van der Waals surface area (Å²) >= 11 is 6.21. The molecule has 0 radical (unpaired) electrons. The Balaban J connectivity index is 2.53. The predicted molar refractivity (Wildman–Crippen MR) is 78.1 cm³/mol. The fourth-order valence-corrected chi connectivity index (χ4v) is 2.71. The van der Waals surface area contributed by atoms with Crippen LogP contribution in [0.25, 0.3) is 0 Å². The summed E-state index contributed by atoms with van der Waals surface area (Å²) in [5.74, 6) is -0.276. The number of benzene rings is 2. The summed E-state index contributed by atoms with van der Waals surface area (Å²) in [6.07, 6.45) is 0. The average Bonchev–Trinajstić information content (AvgIpc) is 2.26. The van der Waals surface area contributed by atoms with Crippen LogP contribution in [0, 0.1) is 26.6 Å². The van der Waals surface area contributed by atoms with Gasteiger partial charge in [-0.2, -0.15) is 0 Å². The van der Waals surface area contributed by atoms with Crippen molar-refractivity contribution in [3.8, 4) is 0 Å². The topological polar surface area (TPSA) is 26.0 Å². The third-order valence-corrected chi connectivity index (χ3v) is 3.61. The van der Waals surface area contributed by atoms with Crippen LogP contribution in [-0.4, -0.2) is 0 Å². The zero-order chi connectivity index (χ0) is 14.2. The molecular formula is C16H17ClFN. The summed E-state index contributed by atoms with van der Waals surface area (Å²) in [5, 5.41) is 0.576. The highest BCUT2D eigenvalue weighted by Gasteiger charge is 2.18. The van der Waals surface area contributed by atoms with Gasteiger partial charge in [0.15, 0.2) is 0 Å². The van der Waals surface area contributed by atoms with Crippen molar-refractivity contribution in [1.29, 1.82) is 0 Å². The van der Waals surface area contributed by atoms with Gasteiger partial charge in [0.1, 0.15) is 5.82 Å². The molecule has 100 valence electrons. The Hall–Kier alpha value is -1.38. The first-order valence-corrected chi connectivity index (χ1v) is 6.56. The van der Waals surface area contributed by atoms with Crippen LogP contribution in [0.2, 0.25) is 5.02 Å². The zero-order valence-electron chi connectivity index (χ0n) is 11.3. The van der Waals surface area contributed by atoms with Gasteiger partial charge in [-0.25, -0.2) is 4.39 Å². The molecular weight excluding hydrogens is 261 g/mol. The summed E-state index contributed by atoms with van der Waals surface area (Å²) in [7, 11) is 0. The minimum absolute atomic E-state index is 0.276. The first-order chi connectivity index (χ1) is 8.90. The average molecular weight is 278 g/mol. The van der Waals surface area contributed by atoms with Crippen molar-refractivity contribution in [1.82, 2.24) is 0 Å². The van der Waals surface area contributed by atoms with Crippen LogP contribution in [0.1, 0.15) is 33.9 Å². The molecule has 2 N–H and O–H groups in total. The molecule has 1 atom stereocenters. The highest BCUT2D eigenvalue weighted by Crippen LogP contribution is 2.31. The van der Waals surface area contributed by atoms with Gasteiger partial charge in [0, 0.05) is 10.6 Å². The monoisotopic (exact) mass is 277 g/mol. The molecule has 1 unspecified atom stereocenters. The van der Waals surface area contributed by atoms with Gasteiger partial charge in [0.05, 0.1) is 6.04 Å². The van der Waals surface area contributed by atoms with E-state index in [1.807, 2.05) is 45.0 Å². The molecule has 2 aromatic rings. The van der Waals surface area contributed by atoms with Crippen molar-refractivity contribution >= 4 is 11.6 Å². The second kappa shape index (κ2) is 5.32. The molecule has 0 aliphatic carbocycles. The van der Waals surface area contributed by atoms with Gasteiger partial charge in [-0.05, 0) is 55.2 Å². The summed E-state index contributed by atoms with van der Waals surface area (Å²) in [6, 6.07) is 8.53. The first-order valence-electron chi connectivity index (χ1n) is 6.18. The number of hydrogen-bond acceptors (Lipinski definition) is 1. The second-order valence-corrected chi connectivity index (χ2v) is 5.39. The zero-order valence-corrected chi connectivity index (χ0v) is 12.1. The van der Waals surface area contributed by atoms with Gasteiger partial charge in [0.2, 0.25) is 0 Å². The van der Waals surface area contributed by atoms with Gasteiger partial charge in [-0.1, -0.05) is 29.8 Å². The SMILES string of the molecule is Cc1cc(C)c(C(N)c2ccc(C)cc2Cl)c(F)c1. The Labute approximate surface area is 118 Å². The third kappa shape index (κ3) is 2.80. The first kappa shape index (κ1) is 14.0. The molecule has 0 amide bonds. The van der Waals surface area contributed by atoms with Crippen LogP contribution in [0.5, 0.6) is 0 Å². The lowest BCUT2D eigenvalue weighted by Crippen LogP contribution is -2.16. The molecule has 0 aliphatic heterocycles. The number of rotatable bonds is 2. The van der Waals surface area contributed by atoms with E-state index in [1.165, 1.54) is 6.07 Å². The number of hydrogen-bond donors (Lipinski definition) is 1. The van der Waals surface area contributed by atoms with Crippen LogP contribution in [-0.2, 0) is 0 Å². The highest BCUT2D eigenvalue weighted by atomic mass is 35.5. The molecule has 0 aromatic heterocycles. The standard InChI is InChI=1S/C16H17ClFN/c1-9-4-5-12(13(17)7-9)16(19)15-11(3)6-10(2)8-14(15)18/h4-8,16H,19H2,1-3H3. The molecule has 2 rings (SSSR count). The predicted octanol–water partition coefficient (Wildman–Crippen LogP) is 4.45. The van der Waals surface area contributed by atoms with Gasteiger partial charge in [0.25, 0.3) is 0 Å². The van der Waals surface area contributed by atoms with Crippen molar-refractivity contribution in [3.05, 3.63) is 69.0 Å². The van der Waals surface area contributed by atoms with E-state index in [2.05, 4.69) is 0 Å². The van der Waals surface area contributed by atoms with E-state index >= 15 is 0 Å². The van der Waals surface area contributed by atoms with Gasteiger partial charge in [-0.15, -0.1) is 0 Å². The van der Waals surface area contributed by atoms with E-state index in [0.717, 1.165) is 22.3 Å². The van der Waals surface area contributed by atoms with Gasteiger partial charge >= 0.3 is 0 Å². The molecule has 0 fully saturated rings. The Kier molecular flexibility index (Phi) is 3.93. The summed E-state index contributed by atoms with van der Waals surface area (Å²) in [4.78, 5) is 0. The van der Waals surface area contributed by atoms with E-state index in [-0.39, 0.29) is 5.82 Å². The minimum Gasteiger partial charge on any atom is -0.320 e. The molecule has 3 heteroatoms. The number of halogens is 2. The molecule has 2 aromatic carbocycles. The molecule has 0 spiro atoms.